The molecule has 1 amide bonds. The molecular formula is C23H29IN6O2. The fraction of sp³-hybridized carbons (Fsp3) is 0.261. The number of carbonyl (C=O) groups is 1. The molecule has 0 unspecified atom stereocenters. The van der Waals surface area contributed by atoms with E-state index >= 15 is 0 Å². The highest BCUT2D eigenvalue weighted by Gasteiger charge is 2.08. The van der Waals surface area contributed by atoms with Crippen molar-refractivity contribution in [3.05, 3.63) is 78.1 Å². The number of hydrogen-bond donors (Lipinski definition) is 2. The van der Waals surface area contributed by atoms with Gasteiger partial charge < -0.3 is 20.3 Å². The molecule has 3 rings (SSSR count). The molecule has 0 saturated heterocycles. The van der Waals surface area contributed by atoms with Gasteiger partial charge in [0.2, 0.25) is 5.91 Å². The van der Waals surface area contributed by atoms with E-state index in [0.717, 1.165) is 28.5 Å². The van der Waals surface area contributed by atoms with E-state index in [1.807, 2.05) is 55.6 Å². The van der Waals surface area contributed by atoms with Crippen molar-refractivity contribution in [3.8, 4) is 5.75 Å². The first-order valence-corrected chi connectivity index (χ1v) is 9.98. The predicted octanol–water partition coefficient (Wildman–Crippen LogP) is 3.36. The summed E-state index contributed by atoms with van der Waals surface area (Å²) in [5, 5.41) is 10.3. The van der Waals surface area contributed by atoms with Crippen molar-refractivity contribution in [1.82, 2.24) is 20.0 Å². The van der Waals surface area contributed by atoms with Gasteiger partial charge in [-0.3, -0.25) is 14.5 Å². The van der Waals surface area contributed by atoms with Crippen LogP contribution in [0.2, 0.25) is 0 Å². The number of nitrogens with one attached hydrogen (secondary N) is 2. The Bertz CT molecular complexity index is 1010. The van der Waals surface area contributed by atoms with Gasteiger partial charge in [0, 0.05) is 45.3 Å². The van der Waals surface area contributed by atoms with Crippen LogP contribution in [0.25, 0.3) is 0 Å². The second-order valence-electron chi connectivity index (χ2n) is 7.06. The van der Waals surface area contributed by atoms with E-state index in [9.17, 15) is 4.79 Å². The first-order chi connectivity index (χ1) is 15.1. The summed E-state index contributed by atoms with van der Waals surface area (Å²) in [4.78, 5) is 18.6. The zero-order valence-electron chi connectivity index (χ0n) is 18.5. The van der Waals surface area contributed by atoms with Gasteiger partial charge in [-0.2, -0.15) is 5.10 Å². The van der Waals surface area contributed by atoms with Crippen LogP contribution < -0.4 is 15.4 Å². The Morgan fingerprint density at radius 2 is 1.94 bits per heavy atom. The van der Waals surface area contributed by atoms with Crippen LogP contribution in [0.15, 0.2) is 72.0 Å². The molecule has 0 saturated carbocycles. The van der Waals surface area contributed by atoms with Crippen molar-refractivity contribution in [3.63, 3.8) is 0 Å². The summed E-state index contributed by atoms with van der Waals surface area (Å²) < 4.78 is 6.80. The zero-order chi connectivity index (χ0) is 22.1. The minimum absolute atomic E-state index is 0. The maximum atomic E-state index is 12.2. The third kappa shape index (κ3) is 7.56. The lowest BCUT2D eigenvalue weighted by molar-refractivity contribution is -0.116. The molecule has 0 bridgehead atoms. The van der Waals surface area contributed by atoms with Gasteiger partial charge in [0.25, 0.3) is 0 Å². The van der Waals surface area contributed by atoms with Gasteiger partial charge in [0.15, 0.2) is 5.96 Å². The summed E-state index contributed by atoms with van der Waals surface area (Å²) in [6, 6.07) is 17.5. The second kappa shape index (κ2) is 12.7. The summed E-state index contributed by atoms with van der Waals surface area (Å²) >= 11 is 0. The van der Waals surface area contributed by atoms with Gasteiger partial charge in [-0.25, -0.2) is 0 Å². The molecule has 0 aliphatic carbocycles. The molecule has 170 valence electrons. The lowest BCUT2D eigenvalue weighted by Gasteiger charge is -2.22. The molecule has 0 radical (unpaired) electrons. The highest BCUT2D eigenvalue weighted by Crippen LogP contribution is 2.13. The van der Waals surface area contributed by atoms with Gasteiger partial charge in [0.05, 0.1) is 7.11 Å². The Morgan fingerprint density at radius 1 is 1.16 bits per heavy atom. The van der Waals surface area contributed by atoms with Gasteiger partial charge in [0.1, 0.15) is 12.3 Å². The van der Waals surface area contributed by atoms with Crippen LogP contribution in [0.5, 0.6) is 5.75 Å². The smallest absolute Gasteiger partial charge is 0.246 e. The number of amides is 1. The van der Waals surface area contributed by atoms with Crippen molar-refractivity contribution in [2.24, 2.45) is 4.99 Å². The summed E-state index contributed by atoms with van der Waals surface area (Å²) in [6.45, 7) is 1.48. The average molecular weight is 548 g/mol. The largest absolute Gasteiger partial charge is 0.497 e. The minimum Gasteiger partial charge on any atom is -0.497 e. The molecule has 0 aliphatic heterocycles. The van der Waals surface area contributed by atoms with Crippen molar-refractivity contribution < 1.29 is 9.53 Å². The maximum absolute atomic E-state index is 12.2. The van der Waals surface area contributed by atoms with Gasteiger partial charge >= 0.3 is 0 Å². The Labute approximate surface area is 205 Å². The molecule has 9 heteroatoms. The van der Waals surface area contributed by atoms with Gasteiger partial charge in [-0.1, -0.05) is 24.3 Å². The molecule has 0 spiro atoms. The first kappa shape index (κ1) is 25.2. The molecular weight excluding hydrogens is 519 g/mol. The fourth-order valence-electron chi connectivity index (χ4n) is 3.15. The fourth-order valence-corrected chi connectivity index (χ4v) is 3.15. The molecule has 0 atom stereocenters. The zero-order valence-corrected chi connectivity index (χ0v) is 20.8. The summed E-state index contributed by atoms with van der Waals surface area (Å²) in [6.07, 6.45) is 3.41. The monoisotopic (exact) mass is 548 g/mol. The number of halogens is 1. The molecule has 0 aliphatic rings. The number of carbonyl (C=O) groups excluding carboxylic acids is 1. The van der Waals surface area contributed by atoms with Crippen LogP contribution in [0.1, 0.15) is 11.1 Å². The molecule has 3 aromatic rings. The first-order valence-electron chi connectivity index (χ1n) is 9.98. The van der Waals surface area contributed by atoms with Crippen LogP contribution in [0.4, 0.5) is 5.69 Å². The molecule has 1 heterocycles. The van der Waals surface area contributed by atoms with Crippen molar-refractivity contribution >= 4 is 41.5 Å². The van der Waals surface area contributed by atoms with Crippen LogP contribution in [-0.2, 0) is 24.4 Å². The lowest BCUT2D eigenvalue weighted by Crippen LogP contribution is -2.38. The number of nitrogens with zero attached hydrogens (tertiary/aromatic N) is 4. The summed E-state index contributed by atoms with van der Waals surface area (Å²) in [7, 11) is 5.41. The quantitative estimate of drug-likeness (QED) is 0.256. The van der Waals surface area contributed by atoms with E-state index in [0.29, 0.717) is 13.1 Å². The van der Waals surface area contributed by atoms with E-state index < -0.39 is 0 Å². The summed E-state index contributed by atoms with van der Waals surface area (Å²) in [5.41, 5.74) is 2.95. The van der Waals surface area contributed by atoms with Crippen molar-refractivity contribution in [2.45, 2.75) is 19.6 Å². The topological polar surface area (TPSA) is 83.8 Å². The highest BCUT2D eigenvalue weighted by atomic mass is 127. The normalized spacial score (nSPS) is 10.8. The lowest BCUT2D eigenvalue weighted by atomic mass is 10.2. The SMILES string of the molecule is CN=C(NCc1cccc(NC(=O)Cn2cccn2)c1)N(C)Cc1ccc(OC)cc1.I. The van der Waals surface area contributed by atoms with Crippen LogP contribution in [-0.4, -0.2) is 47.8 Å². The standard InChI is InChI=1S/C23H28N6O2.HI/c1-24-23(28(2)16-18-8-10-21(31-3)11-9-18)25-15-19-6-4-7-20(14-19)27-22(30)17-29-13-5-12-26-29;/h4-14H,15-17H2,1-3H3,(H,24,25)(H,27,30);1H. The Hall–Kier alpha value is -3.08. The Kier molecular flexibility index (Phi) is 9.99. The molecule has 0 fully saturated rings. The van der Waals surface area contributed by atoms with Crippen LogP contribution >= 0.6 is 24.0 Å². The number of ether oxygens (including phenoxy) is 1. The predicted molar refractivity (Wildman–Crippen MR) is 137 cm³/mol. The molecule has 2 aromatic carbocycles. The highest BCUT2D eigenvalue weighted by molar-refractivity contribution is 14.0. The number of rotatable bonds is 8. The second-order valence-corrected chi connectivity index (χ2v) is 7.06. The molecule has 1 aromatic heterocycles. The number of methoxy groups -OCH3 is 1. The van der Waals surface area contributed by atoms with E-state index in [-0.39, 0.29) is 36.4 Å². The molecule has 8 nitrogen and oxygen atoms in total. The Balaban J connectivity index is 0.00000363. The number of aliphatic imine (C=N–C) groups is 1. The van der Waals surface area contributed by atoms with Gasteiger partial charge in [-0.05, 0) is 41.5 Å². The average Bonchev–Trinajstić information content (AvgIpc) is 3.28. The number of hydrogen-bond acceptors (Lipinski definition) is 4. The molecule has 32 heavy (non-hydrogen) atoms. The maximum Gasteiger partial charge on any atom is 0.246 e. The van der Waals surface area contributed by atoms with E-state index in [2.05, 4.69) is 25.6 Å². The summed E-state index contributed by atoms with van der Waals surface area (Å²) in [5.74, 6) is 1.50. The number of aromatic nitrogens is 2. The number of benzene rings is 2. The van der Waals surface area contributed by atoms with Crippen LogP contribution in [0.3, 0.4) is 0 Å². The minimum atomic E-state index is -0.121. The van der Waals surface area contributed by atoms with Crippen molar-refractivity contribution in [1.29, 1.82) is 0 Å². The van der Waals surface area contributed by atoms with E-state index in [1.54, 1.807) is 37.3 Å². The van der Waals surface area contributed by atoms with Crippen molar-refractivity contribution in [2.75, 3.05) is 26.5 Å². The third-order valence-corrected chi connectivity index (χ3v) is 4.68. The van der Waals surface area contributed by atoms with E-state index in [1.165, 1.54) is 0 Å². The van der Waals surface area contributed by atoms with Crippen LogP contribution in [0, 0.1) is 0 Å². The van der Waals surface area contributed by atoms with E-state index in [4.69, 9.17) is 4.74 Å². The molecule has 2 N–H and O–H groups in total. The Morgan fingerprint density at radius 3 is 2.59 bits per heavy atom. The number of guanidine groups is 1. The van der Waals surface area contributed by atoms with Gasteiger partial charge in [-0.15, -0.1) is 24.0 Å². The number of anilines is 1. The third-order valence-electron chi connectivity index (χ3n) is 4.68.